The molecule has 0 spiro atoms. The van der Waals surface area contributed by atoms with E-state index in [0.717, 1.165) is 9.13 Å². The minimum Gasteiger partial charge on any atom is -0.329 e. The van der Waals surface area contributed by atoms with Crippen molar-refractivity contribution in [1.29, 1.82) is 5.26 Å². The molecule has 110 valence electrons. The van der Waals surface area contributed by atoms with Gasteiger partial charge in [0, 0.05) is 27.9 Å². The maximum Gasteiger partial charge on any atom is 0.267 e. The van der Waals surface area contributed by atoms with Gasteiger partial charge in [0.2, 0.25) is 5.95 Å². The van der Waals surface area contributed by atoms with E-state index >= 15 is 0 Å². The second-order valence-corrected chi connectivity index (χ2v) is 5.55. The van der Waals surface area contributed by atoms with Gasteiger partial charge >= 0.3 is 0 Å². The molecule has 1 heterocycles. The van der Waals surface area contributed by atoms with Gasteiger partial charge in [-0.1, -0.05) is 0 Å². The highest BCUT2D eigenvalue weighted by molar-refractivity contribution is 14.1. The lowest BCUT2D eigenvalue weighted by atomic mass is 10.2. The Morgan fingerprint density at radius 3 is 2.73 bits per heavy atom. The van der Waals surface area contributed by atoms with Crippen LogP contribution in [0, 0.1) is 21.8 Å². The average Bonchev–Trinajstić information content (AvgIpc) is 2.52. The van der Waals surface area contributed by atoms with Gasteiger partial charge in [-0.3, -0.25) is 4.79 Å². The van der Waals surface area contributed by atoms with Crippen molar-refractivity contribution in [3.63, 3.8) is 0 Å². The summed E-state index contributed by atoms with van der Waals surface area (Å²) in [4.78, 5) is 20.0. The number of hydrogen-bond donors (Lipinski definition) is 2. The molecule has 22 heavy (non-hydrogen) atoms. The molecule has 1 aromatic carbocycles. The highest BCUT2D eigenvalue weighted by Crippen LogP contribution is 2.18. The van der Waals surface area contributed by atoms with Crippen molar-refractivity contribution >= 4 is 40.1 Å². The lowest BCUT2D eigenvalue weighted by Gasteiger charge is -2.08. The number of aromatic nitrogens is 2. The highest BCUT2D eigenvalue weighted by Gasteiger charge is 2.11. The van der Waals surface area contributed by atoms with Crippen LogP contribution in [0.2, 0.25) is 0 Å². The second kappa shape index (κ2) is 7.51. The van der Waals surface area contributed by atoms with E-state index in [1.165, 1.54) is 6.20 Å². The molecule has 0 aliphatic heterocycles. The Balaban J connectivity index is 2.10. The number of nitrogens with one attached hydrogen (secondary N) is 2. The molecule has 0 aliphatic rings. The SMILES string of the molecule is Cc1cc(I)ccc1NC(=O)/C(C#N)=C\Nc1ncccn1. The Morgan fingerprint density at radius 2 is 2.09 bits per heavy atom. The Labute approximate surface area is 141 Å². The van der Waals surface area contributed by atoms with Crippen molar-refractivity contribution in [1.82, 2.24) is 9.97 Å². The molecule has 0 fully saturated rings. The molecule has 0 radical (unpaired) electrons. The number of benzene rings is 1. The number of amides is 1. The molecular weight excluding hydrogens is 393 g/mol. The fraction of sp³-hybridized carbons (Fsp3) is 0.0667. The van der Waals surface area contributed by atoms with Gasteiger partial charge in [-0.15, -0.1) is 0 Å². The average molecular weight is 405 g/mol. The molecular formula is C15H12IN5O. The normalized spacial score (nSPS) is 10.7. The molecule has 6 nitrogen and oxygen atoms in total. The smallest absolute Gasteiger partial charge is 0.267 e. The molecule has 0 saturated carbocycles. The summed E-state index contributed by atoms with van der Waals surface area (Å²) in [6.07, 6.45) is 4.40. The van der Waals surface area contributed by atoms with Gasteiger partial charge in [-0.2, -0.15) is 5.26 Å². The number of aryl methyl sites for hydroxylation is 1. The summed E-state index contributed by atoms with van der Waals surface area (Å²) in [6.45, 7) is 1.89. The molecule has 0 aliphatic carbocycles. The topological polar surface area (TPSA) is 90.7 Å². The first-order chi connectivity index (χ1) is 10.6. The summed E-state index contributed by atoms with van der Waals surface area (Å²) in [5.41, 5.74) is 1.53. The Bertz CT molecular complexity index is 752. The first-order valence-corrected chi connectivity index (χ1v) is 7.39. The molecule has 0 atom stereocenters. The quantitative estimate of drug-likeness (QED) is 0.464. The lowest BCUT2D eigenvalue weighted by molar-refractivity contribution is -0.112. The van der Waals surface area contributed by atoms with E-state index in [1.54, 1.807) is 24.5 Å². The van der Waals surface area contributed by atoms with Crippen molar-refractivity contribution < 1.29 is 4.79 Å². The third kappa shape index (κ3) is 4.26. The van der Waals surface area contributed by atoms with Crippen molar-refractivity contribution in [2.75, 3.05) is 10.6 Å². The van der Waals surface area contributed by atoms with E-state index < -0.39 is 5.91 Å². The van der Waals surface area contributed by atoms with E-state index in [2.05, 4.69) is 43.2 Å². The summed E-state index contributed by atoms with van der Waals surface area (Å²) in [6, 6.07) is 9.16. The summed E-state index contributed by atoms with van der Waals surface area (Å²) in [5.74, 6) is -0.177. The lowest BCUT2D eigenvalue weighted by Crippen LogP contribution is -2.15. The molecule has 1 aromatic heterocycles. The number of carbonyl (C=O) groups excluding carboxylic acids is 1. The maximum absolute atomic E-state index is 12.1. The van der Waals surface area contributed by atoms with Crippen molar-refractivity contribution in [2.45, 2.75) is 6.92 Å². The Hall–Kier alpha value is -2.47. The predicted molar refractivity (Wildman–Crippen MR) is 91.9 cm³/mol. The van der Waals surface area contributed by atoms with Gasteiger partial charge in [0.15, 0.2) is 0 Å². The second-order valence-electron chi connectivity index (χ2n) is 4.30. The van der Waals surface area contributed by atoms with Crippen LogP contribution in [0.5, 0.6) is 0 Å². The zero-order valence-electron chi connectivity index (χ0n) is 11.7. The van der Waals surface area contributed by atoms with Crippen LogP contribution in [-0.2, 0) is 4.79 Å². The molecule has 7 heteroatoms. The van der Waals surface area contributed by atoms with Gasteiger partial charge in [0.1, 0.15) is 11.6 Å². The van der Waals surface area contributed by atoms with Gasteiger partial charge in [0.25, 0.3) is 5.91 Å². The van der Waals surface area contributed by atoms with Gasteiger partial charge in [-0.05, 0) is 59.3 Å². The van der Waals surface area contributed by atoms with Gasteiger partial charge < -0.3 is 10.6 Å². The summed E-state index contributed by atoms with van der Waals surface area (Å²) in [7, 11) is 0. The number of rotatable bonds is 4. The summed E-state index contributed by atoms with van der Waals surface area (Å²) in [5, 5.41) is 14.5. The number of hydrogen-bond acceptors (Lipinski definition) is 5. The molecule has 2 rings (SSSR count). The van der Waals surface area contributed by atoms with Crippen LogP contribution in [0.3, 0.4) is 0 Å². The molecule has 1 amide bonds. The van der Waals surface area contributed by atoms with E-state index in [1.807, 2.05) is 25.1 Å². The van der Waals surface area contributed by atoms with Crippen LogP contribution >= 0.6 is 22.6 Å². The monoisotopic (exact) mass is 405 g/mol. The third-order valence-electron chi connectivity index (χ3n) is 2.71. The fourth-order valence-corrected chi connectivity index (χ4v) is 2.26. The van der Waals surface area contributed by atoms with Crippen LogP contribution in [-0.4, -0.2) is 15.9 Å². The minimum absolute atomic E-state index is 0.0644. The van der Waals surface area contributed by atoms with Crippen LogP contribution in [0.4, 0.5) is 11.6 Å². The van der Waals surface area contributed by atoms with Crippen LogP contribution in [0.1, 0.15) is 5.56 Å². The van der Waals surface area contributed by atoms with E-state index in [4.69, 9.17) is 5.26 Å². The Kier molecular flexibility index (Phi) is 5.43. The molecule has 2 aromatic rings. The zero-order valence-corrected chi connectivity index (χ0v) is 13.8. The van der Waals surface area contributed by atoms with Crippen molar-refractivity contribution in [3.05, 3.63) is 57.6 Å². The molecule has 0 unspecified atom stereocenters. The fourth-order valence-electron chi connectivity index (χ4n) is 1.62. The Morgan fingerprint density at radius 1 is 1.36 bits per heavy atom. The molecule has 0 saturated heterocycles. The van der Waals surface area contributed by atoms with E-state index in [0.29, 0.717) is 11.6 Å². The van der Waals surface area contributed by atoms with E-state index in [-0.39, 0.29) is 5.57 Å². The number of anilines is 2. The summed E-state index contributed by atoms with van der Waals surface area (Å²) >= 11 is 2.20. The number of nitriles is 1. The first kappa shape index (κ1) is 15.9. The number of halogens is 1. The van der Waals surface area contributed by atoms with Crippen LogP contribution in [0.25, 0.3) is 0 Å². The number of carbonyl (C=O) groups is 1. The maximum atomic E-state index is 12.1. The first-order valence-electron chi connectivity index (χ1n) is 6.31. The minimum atomic E-state index is -0.491. The van der Waals surface area contributed by atoms with Gasteiger partial charge in [-0.25, -0.2) is 9.97 Å². The van der Waals surface area contributed by atoms with Gasteiger partial charge in [0.05, 0.1) is 0 Å². The van der Waals surface area contributed by atoms with Crippen LogP contribution < -0.4 is 10.6 Å². The molecule has 0 bridgehead atoms. The van der Waals surface area contributed by atoms with E-state index in [9.17, 15) is 4.79 Å². The molecule has 2 N–H and O–H groups in total. The van der Waals surface area contributed by atoms with Crippen molar-refractivity contribution in [2.24, 2.45) is 0 Å². The highest BCUT2D eigenvalue weighted by atomic mass is 127. The summed E-state index contributed by atoms with van der Waals surface area (Å²) < 4.78 is 1.08. The standard InChI is InChI=1S/C15H12IN5O/c1-10-7-12(16)3-4-13(10)21-14(22)11(8-17)9-20-15-18-5-2-6-19-15/h2-7,9H,1H3,(H,21,22)(H,18,19,20)/b11-9-. The largest absolute Gasteiger partial charge is 0.329 e. The van der Waals surface area contributed by atoms with Crippen molar-refractivity contribution in [3.8, 4) is 6.07 Å². The third-order valence-corrected chi connectivity index (χ3v) is 3.38. The zero-order chi connectivity index (χ0) is 15.9. The van der Waals surface area contributed by atoms with Crippen LogP contribution in [0.15, 0.2) is 48.4 Å². The predicted octanol–water partition coefficient (Wildman–Crippen LogP) is 2.85. The number of nitrogens with zero attached hydrogens (tertiary/aromatic N) is 3.